The van der Waals surface area contributed by atoms with E-state index in [4.69, 9.17) is 21.1 Å². The average Bonchev–Trinajstić information content (AvgIpc) is 3.63. The third kappa shape index (κ3) is 10.3. The van der Waals surface area contributed by atoms with E-state index in [0.29, 0.717) is 48.9 Å². The number of nitrogens with one attached hydrogen (secondary N) is 4. The summed E-state index contributed by atoms with van der Waals surface area (Å²) in [6.45, 7) is 7.16. The SMILES string of the molecule is CC(C)(C)OC(=O)c1ccc(NC(=O)C(Cc2ccc(NC(=O)N3CCOCC3)cc2)NC(=O)C(=O)Nc2cc(Cl)ccc2-n2cnnn2)cc1. The molecule has 17 heteroatoms. The second-order valence-corrected chi connectivity index (χ2v) is 12.8. The molecule has 4 N–H and O–H groups in total. The fraction of sp³-hybridized carbons (Fsp3) is 0.294. The summed E-state index contributed by atoms with van der Waals surface area (Å²) < 4.78 is 12.0. The van der Waals surface area contributed by atoms with Gasteiger partial charge >= 0.3 is 23.8 Å². The van der Waals surface area contributed by atoms with Gasteiger partial charge in [-0.3, -0.25) is 14.4 Å². The van der Waals surface area contributed by atoms with Gasteiger partial charge < -0.3 is 35.6 Å². The minimum absolute atomic E-state index is 0.0222. The van der Waals surface area contributed by atoms with Crippen molar-refractivity contribution in [1.82, 2.24) is 30.4 Å². The molecule has 0 bridgehead atoms. The van der Waals surface area contributed by atoms with Crippen molar-refractivity contribution in [2.75, 3.05) is 42.3 Å². The number of carbonyl (C=O) groups is 5. The molecule has 1 unspecified atom stereocenters. The lowest BCUT2D eigenvalue weighted by molar-refractivity contribution is -0.137. The van der Waals surface area contributed by atoms with Crippen molar-refractivity contribution in [3.8, 4) is 5.69 Å². The highest BCUT2D eigenvalue weighted by molar-refractivity contribution is 6.40. The minimum Gasteiger partial charge on any atom is -0.456 e. The Kier molecular flexibility index (Phi) is 11.6. The molecule has 1 aromatic heterocycles. The number of rotatable bonds is 9. The van der Waals surface area contributed by atoms with Crippen molar-refractivity contribution in [2.24, 2.45) is 0 Å². The van der Waals surface area contributed by atoms with Crippen LogP contribution in [-0.2, 0) is 30.3 Å². The Morgan fingerprint density at radius 1 is 0.882 bits per heavy atom. The molecule has 266 valence electrons. The first-order chi connectivity index (χ1) is 24.3. The van der Waals surface area contributed by atoms with Gasteiger partial charge in [-0.2, -0.15) is 4.68 Å². The summed E-state index contributed by atoms with van der Waals surface area (Å²) in [7, 11) is 0. The largest absolute Gasteiger partial charge is 0.456 e. The molecule has 1 fully saturated rings. The van der Waals surface area contributed by atoms with E-state index >= 15 is 0 Å². The number of anilines is 3. The molecule has 51 heavy (non-hydrogen) atoms. The number of aromatic nitrogens is 4. The van der Waals surface area contributed by atoms with Gasteiger partial charge in [-0.1, -0.05) is 23.7 Å². The van der Waals surface area contributed by atoms with E-state index in [9.17, 15) is 24.0 Å². The number of nitrogens with zero attached hydrogens (tertiary/aromatic N) is 5. The molecule has 5 rings (SSSR count). The van der Waals surface area contributed by atoms with Gasteiger partial charge in [-0.05, 0) is 91.4 Å². The number of hydrogen-bond acceptors (Lipinski definition) is 10. The maximum absolute atomic E-state index is 13.6. The molecule has 3 aromatic carbocycles. The highest BCUT2D eigenvalue weighted by atomic mass is 35.5. The van der Waals surface area contributed by atoms with Crippen LogP contribution in [0.4, 0.5) is 21.9 Å². The van der Waals surface area contributed by atoms with Gasteiger partial charge in [-0.25, -0.2) is 9.59 Å². The zero-order chi connectivity index (χ0) is 36.5. The summed E-state index contributed by atoms with van der Waals surface area (Å²) in [6.07, 6.45) is 1.28. The summed E-state index contributed by atoms with van der Waals surface area (Å²) in [5.41, 5.74) is 1.58. The second-order valence-electron chi connectivity index (χ2n) is 12.4. The number of ether oxygens (including phenoxy) is 2. The first kappa shape index (κ1) is 36.4. The van der Waals surface area contributed by atoms with Crippen molar-refractivity contribution >= 4 is 58.4 Å². The molecule has 1 aliphatic rings. The van der Waals surface area contributed by atoms with Crippen molar-refractivity contribution in [2.45, 2.75) is 38.8 Å². The van der Waals surface area contributed by atoms with Crippen molar-refractivity contribution in [1.29, 1.82) is 0 Å². The van der Waals surface area contributed by atoms with Crippen LogP contribution in [0.3, 0.4) is 0 Å². The van der Waals surface area contributed by atoms with Gasteiger partial charge in [0, 0.05) is 35.9 Å². The van der Waals surface area contributed by atoms with Crippen LogP contribution in [0, 0.1) is 0 Å². The molecule has 1 atom stereocenters. The van der Waals surface area contributed by atoms with E-state index in [-0.39, 0.29) is 28.7 Å². The summed E-state index contributed by atoms with van der Waals surface area (Å²) in [5.74, 6) is -3.34. The summed E-state index contributed by atoms with van der Waals surface area (Å²) >= 11 is 6.15. The van der Waals surface area contributed by atoms with Crippen LogP contribution in [0.5, 0.6) is 0 Å². The molecule has 2 heterocycles. The van der Waals surface area contributed by atoms with Gasteiger partial charge in [0.15, 0.2) is 0 Å². The predicted octanol–water partition coefficient (Wildman–Crippen LogP) is 3.44. The lowest BCUT2D eigenvalue weighted by Gasteiger charge is -2.27. The number of morpholine rings is 1. The molecule has 0 saturated carbocycles. The number of halogens is 1. The van der Waals surface area contributed by atoms with Crippen LogP contribution in [0.2, 0.25) is 5.02 Å². The van der Waals surface area contributed by atoms with E-state index < -0.39 is 35.3 Å². The fourth-order valence-corrected chi connectivity index (χ4v) is 5.05. The molecule has 5 amide bonds. The van der Waals surface area contributed by atoms with E-state index in [1.807, 2.05) is 0 Å². The third-order valence-electron chi connectivity index (χ3n) is 7.36. The summed E-state index contributed by atoms with van der Waals surface area (Å²) in [4.78, 5) is 66.7. The van der Waals surface area contributed by atoms with Gasteiger partial charge in [-0.15, -0.1) is 5.10 Å². The van der Waals surface area contributed by atoms with E-state index in [0.717, 1.165) is 0 Å². The predicted molar refractivity (Wildman–Crippen MR) is 187 cm³/mol. The summed E-state index contributed by atoms with van der Waals surface area (Å²) in [5, 5.41) is 21.9. The quantitative estimate of drug-likeness (QED) is 0.147. The van der Waals surface area contributed by atoms with E-state index in [1.165, 1.54) is 41.3 Å². The smallest absolute Gasteiger partial charge is 0.338 e. The Morgan fingerprint density at radius 2 is 1.55 bits per heavy atom. The molecule has 0 aliphatic carbocycles. The number of hydrogen-bond donors (Lipinski definition) is 4. The molecule has 16 nitrogen and oxygen atoms in total. The number of benzene rings is 3. The molecule has 0 spiro atoms. The third-order valence-corrected chi connectivity index (χ3v) is 7.60. The zero-order valence-electron chi connectivity index (χ0n) is 28.0. The van der Waals surface area contributed by atoms with Crippen LogP contribution in [0.25, 0.3) is 5.69 Å². The van der Waals surface area contributed by atoms with Crippen molar-refractivity contribution in [3.05, 3.63) is 89.2 Å². The highest BCUT2D eigenvalue weighted by Gasteiger charge is 2.26. The van der Waals surface area contributed by atoms with Gasteiger partial charge in [0.05, 0.1) is 30.2 Å². The lowest BCUT2D eigenvalue weighted by atomic mass is 10.0. The zero-order valence-corrected chi connectivity index (χ0v) is 28.8. The Morgan fingerprint density at radius 3 is 2.20 bits per heavy atom. The maximum Gasteiger partial charge on any atom is 0.338 e. The summed E-state index contributed by atoms with van der Waals surface area (Å²) in [6, 6.07) is 15.8. The topological polar surface area (TPSA) is 199 Å². The van der Waals surface area contributed by atoms with Crippen LogP contribution in [0.15, 0.2) is 73.1 Å². The Labute approximate surface area is 297 Å². The molecular weight excluding hydrogens is 682 g/mol. The number of amides is 5. The van der Waals surface area contributed by atoms with Gasteiger partial charge in [0.25, 0.3) is 0 Å². The van der Waals surface area contributed by atoms with Gasteiger partial charge in [0.2, 0.25) is 5.91 Å². The fourth-order valence-electron chi connectivity index (χ4n) is 4.88. The van der Waals surface area contributed by atoms with Crippen molar-refractivity contribution in [3.63, 3.8) is 0 Å². The number of carbonyl (C=O) groups excluding carboxylic acids is 5. The minimum atomic E-state index is -1.24. The Balaban J connectivity index is 1.30. The molecular formula is C34H36ClN9O7. The number of urea groups is 1. The van der Waals surface area contributed by atoms with Crippen molar-refractivity contribution < 1.29 is 33.4 Å². The molecule has 4 aromatic rings. The first-order valence-corrected chi connectivity index (χ1v) is 16.2. The highest BCUT2D eigenvalue weighted by Crippen LogP contribution is 2.24. The Hall–Kier alpha value is -5.87. The normalized spacial score (nSPS) is 13.5. The number of tetrazole rings is 1. The monoisotopic (exact) mass is 717 g/mol. The average molecular weight is 718 g/mol. The Bertz CT molecular complexity index is 1870. The van der Waals surface area contributed by atoms with E-state index in [1.54, 1.807) is 62.1 Å². The van der Waals surface area contributed by atoms with Crippen LogP contribution >= 0.6 is 11.6 Å². The molecule has 1 saturated heterocycles. The maximum atomic E-state index is 13.6. The number of esters is 1. The first-order valence-electron chi connectivity index (χ1n) is 15.9. The molecule has 1 aliphatic heterocycles. The second kappa shape index (κ2) is 16.2. The lowest BCUT2D eigenvalue weighted by Crippen LogP contribution is -2.49. The molecule has 0 radical (unpaired) electrons. The standard InChI is InChI=1S/C34H36ClN9O7/c1-34(2,3)51-32(48)22-6-11-24(12-7-22)37-29(45)27(18-21-4-9-25(10-5-21)38-33(49)43-14-16-50-17-15-43)40-31(47)30(46)39-26-19-23(35)8-13-28(26)44-20-36-41-42-44/h4-13,19-20,27H,14-18H2,1-3H3,(H,37,45)(H,38,49)(H,39,46)(H,40,47). The van der Waals surface area contributed by atoms with Crippen LogP contribution < -0.4 is 21.3 Å². The van der Waals surface area contributed by atoms with Crippen LogP contribution in [-0.4, -0.2) is 92.8 Å². The van der Waals surface area contributed by atoms with E-state index in [2.05, 4.69) is 36.8 Å². The van der Waals surface area contributed by atoms with Gasteiger partial charge in [0.1, 0.15) is 18.0 Å². The van der Waals surface area contributed by atoms with Crippen LogP contribution in [0.1, 0.15) is 36.7 Å².